The first-order valence-electron chi connectivity index (χ1n) is 8.14. The van der Waals surface area contributed by atoms with Gasteiger partial charge < -0.3 is 0 Å². The maximum atomic E-state index is 12.5. The van der Waals surface area contributed by atoms with Crippen LogP contribution in [0.3, 0.4) is 0 Å². The smallest absolute Gasteiger partial charge is 0.282 e. The predicted molar refractivity (Wildman–Crippen MR) is 89.6 cm³/mol. The Morgan fingerprint density at radius 1 is 1.20 bits per heavy atom. The number of nitro groups is 1. The fraction of sp³-hybridized carbons (Fsp3) is 0.438. The molecule has 1 aliphatic rings. The van der Waals surface area contributed by atoms with Crippen molar-refractivity contribution in [3.05, 3.63) is 51.8 Å². The lowest BCUT2D eigenvalue weighted by atomic mass is 10.1. The maximum Gasteiger partial charge on any atom is 0.297 e. The number of fused-ring (bicyclic) bond motifs is 1. The van der Waals surface area contributed by atoms with Crippen molar-refractivity contribution in [2.75, 3.05) is 0 Å². The summed E-state index contributed by atoms with van der Waals surface area (Å²) in [7, 11) is -3.98. The van der Waals surface area contributed by atoms with Gasteiger partial charge in [0.2, 0.25) is 0 Å². The predicted octanol–water partition coefficient (Wildman–Crippen LogP) is 2.75. The molecule has 0 saturated carbocycles. The van der Waals surface area contributed by atoms with Crippen LogP contribution in [-0.4, -0.2) is 29.6 Å². The van der Waals surface area contributed by atoms with Gasteiger partial charge in [0.05, 0.1) is 22.1 Å². The lowest BCUT2D eigenvalue weighted by molar-refractivity contribution is -0.384. The van der Waals surface area contributed by atoms with Crippen molar-refractivity contribution < 1.29 is 17.5 Å². The molecule has 1 N–H and O–H groups in total. The molecule has 0 bridgehead atoms. The summed E-state index contributed by atoms with van der Waals surface area (Å²) in [5.74, 6) is 0. The number of hydrogen-bond donors (Lipinski definition) is 1. The number of nitrogens with zero attached hydrogens (tertiary/aromatic N) is 2. The van der Waals surface area contributed by atoms with Crippen LogP contribution in [0.5, 0.6) is 0 Å². The summed E-state index contributed by atoms with van der Waals surface area (Å²) in [5.41, 5.74) is 1.84. The Morgan fingerprint density at radius 3 is 2.68 bits per heavy atom. The van der Waals surface area contributed by atoms with E-state index in [0.29, 0.717) is 12.8 Å². The van der Waals surface area contributed by atoms with Gasteiger partial charge in [-0.1, -0.05) is 12.8 Å². The van der Waals surface area contributed by atoms with Gasteiger partial charge >= 0.3 is 0 Å². The molecular formula is C16H19N3O5S. The molecule has 3 rings (SSSR count). The van der Waals surface area contributed by atoms with Gasteiger partial charge in [0.25, 0.3) is 15.8 Å². The van der Waals surface area contributed by atoms with Gasteiger partial charge in [0.15, 0.2) is 0 Å². The standard InChI is InChI=1S/C16H19N3O5S/c20-19(21)13-6-8-15(9-7-13)25(22,23)24-14-5-3-1-2-4-12-11-17-18-16(12)10-14/h6-9,11,14H,1-5,10H2,(H,17,18). The molecule has 1 aromatic carbocycles. The minimum Gasteiger partial charge on any atom is -0.282 e. The summed E-state index contributed by atoms with van der Waals surface area (Å²) in [6.45, 7) is 0. The molecule has 9 heteroatoms. The third kappa shape index (κ3) is 4.23. The zero-order chi connectivity index (χ0) is 17.9. The van der Waals surface area contributed by atoms with Gasteiger partial charge in [-0.05, 0) is 37.0 Å². The fourth-order valence-electron chi connectivity index (χ4n) is 2.98. The Hall–Kier alpha value is -2.26. The quantitative estimate of drug-likeness (QED) is 0.506. The number of aromatic amines is 1. The molecule has 8 nitrogen and oxygen atoms in total. The highest BCUT2D eigenvalue weighted by Gasteiger charge is 2.25. The van der Waals surface area contributed by atoms with Crippen LogP contribution in [-0.2, 0) is 27.1 Å². The van der Waals surface area contributed by atoms with Crippen molar-refractivity contribution in [2.24, 2.45) is 0 Å². The second kappa shape index (κ2) is 7.32. The number of aromatic nitrogens is 2. The number of aryl methyl sites for hydroxylation is 1. The van der Waals surface area contributed by atoms with E-state index in [1.807, 2.05) is 0 Å². The van der Waals surface area contributed by atoms with Crippen LogP contribution in [0.4, 0.5) is 5.69 Å². The average molecular weight is 365 g/mol. The number of benzene rings is 1. The number of non-ortho nitro benzene ring substituents is 1. The Bertz CT molecular complexity index is 845. The highest BCUT2D eigenvalue weighted by atomic mass is 32.2. The molecule has 1 heterocycles. The molecule has 0 radical (unpaired) electrons. The number of nitrogens with one attached hydrogen (secondary N) is 1. The summed E-state index contributed by atoms with van der Waals surface area (Å²) in [4.78, 5) is 10.0. The van der Waals surface area contributed by atoms with Crippen molar-refractivity contribution in [3.63, 3.8) is 0 Å². The minimum atomic E-state index is -3.98. The van der Waals surface area contributed by atoms with Crippen LogP contribution in [0, 0.1) is 10.1 Å². The molecule has 1 atom stereocenters. The molecule has 134 valence electrons. The van der Waals surface area contributed by atoms with E-state index in [1.54, 1.807) is 6.20 Å². The van der Waals surface area contributed by atoms with Crippen molar-refractivity contribution in [3.8, 4) is 0 Å². The Balaban J connectivity index is 1.78. The summed E-state index contributed by atoms with van der Waals surface area (Å²) in [6.07, 6.45) is 6.22. The molecular weight excluding hydrogens is 346 g/mol. The van der Waals surface area contributed by atoms with E-state index in [-0.39, 0.29) is 10.6 Å². The van der Waals surface area contributed by atoms with Gasteiger partial charge in [0.1, 0.15) is 0 Å². The van der Waals surface area contributed by atoms with Gasteiger partial charge in [-0.25, -0.2) is 0 Å². The van der Waals surface area contributed by atoms with Crippen LogP contribution in [0.15, 0.2) is 35.4 Å². The summed E-state index contributed by atoms with van der Waals surface area (Å²) in [6, 6.07) is 4.72. The van der Waals surface area contributed by atoms with Gasteiger partial charge in [-0.3, -0.25) is 19.4 Å². The van der Waals surface area contributed by atoms with Crippen LogP contribution in [0.2, 0.25) is 0 Å². The molecule has 0 spiro atoms. The first-order valence-corrected chi connectivity index (χ1v) is 9.55. The minimum absolute atomic E-state index is 0.0807. The maximum absolute atomic E-state index is 12.5. The summed E-state index contributed by atoms with van der Waals surface area (Å²) >= 11 is 0. The number of hydrogen-bond acceptors (Lipinski definition) is 6. The normalized spacial score (nSPS) is 18.6. The van der Waals surface area contributed by atoms with Crippen molar-refractivity contribution >= 4 is 15.8 Å². The summed E-state index contributed by atoms with van der Waals surface area (Å²) < 4.78 is 30.4. The lowest BCUT2D eigenvalue weighted by Crippen LogP contribution is -2.21. The summed E-state index contributed by atoms with van der Waals surface area (Å²) in [5, 5.41) is 17.7. The highest BCUT2D eigenvalue weighted by molar-refractivity contribution is 7.86. The molecule has 1 aliphatic carbocycles. The Morgan fingerprint density at radius 2 is 1.96 bits per heavy atom. The Labute approximate surface area is 145 Å². The van der Waals surface area contributed by atoms with Crippen LogP contribution < -0.4 is 0 Å². The van der Waals surface area contributed by atoms with Gasteiger partial charge in [-0.2, -0.15) is 13.5 Å². The van der Waals surface area contributed by atoms with E-state index in [1.165, 1.54) is 12.1 Å². The molecule has 0 aliphatic heterocycles. The zero-order valence-corrected chi connectivity index (χ0v) is 14.4. The van der Waals surface area contributed by atoms with Crippen LogP contribution >= 0.6 is 0 Å². The fourth-order valence-corrected chi connectivity index (χ4v) is 4.08. The molecule has 1 aromatic heterocycles. The van der Waals surface area contributed by atoms with Crippen LogP contribution in [0.1, 0.15) is 36.9 Å². The molecule has 0 fully saturated rings. The lowest BCUT2D eigenvalue weighted by Gasteiger charge is -2.16. The van der Waals surface area contributed by atoms with Gasteiger partial charge in [-0.15, -0.1) is 0 Å². The third-order valence-corrected chi connectivity index (χ3v) is 5.69. The highest BCUT2D eigenvalue weighted by Crippen LogP contribution is 2.24. The average Bonchev–Trinajstić information content (AvgIpc) is 3.02. The van der Waals surface area contributed by atoms with Gasteiger partial charge in [0, 0.05) is 24.2 Å². The molecule has 0 saturated heterocycles. The molecule has 1 unspecified atom stereocenters. The van der Waals surface area contributed by atoms with E-state index >= 15 is 0 Å². The van der Waals surface area contributed by atoms with Crippen LogP contribution in [0.25, 0.3) is 0 Å². The van der Waals surface area contributed by atoms with Crippen molar-refractivity contribution in [1.82, 2.24) is 10.2 Å². The van der Waals surface area contributed by atoms with E-state index < -0.39 is 21.1 Å². The first-order chi connectivity index (χ1) is 12.0. The van der Waals surface area contributed by atoms with E-state index in [9.17, 15) is 18.5 Å². The van der Waals surface area contributed by atoms with E-state index in [2.05, 4.69) is 10.2 Å². The van der Waals surface area contributed by atoms with Crippen molar-refractivity contribution in [2.45, 2.75) is 49.5 Å². The number of nitro benzene ring substituents is 1. The third-order valence-electron chi connectivity index (χ3n) is 4.31. The monoisotopic (exact) mass is 365 g/mol. The number of rotatable bonds is 4. The van der Waals surface area contributed by atoms with E-state index in [0.717, 1.165) is 49.1 Å². The second-order valence-corrected chi connectivity index (χ2v) is 7.67. The first kappa shape index (κ1) is 17.6. The van der Waals surface area contributed by atoms with Crippen molar-refractivity contribution in [1.29, 1.82) is 0 Å². The largest absolute Gasteiger partial charge is 0.297 e. The molecule has 25 heavy (non-hydrogen) atoms. The molecule has 2 aromatic rings. The molecule has 0 amide bonds. The second-order valence-electron chi connectivity index (χ2n) is 6.10. The topological polar surface area (TPSA) is 115 Å². The van der Waals surface area contributed by atoms with E-state index in [4.69, 9.17) is 4.18 Å². The SMILES string of the molecule is O=[N+]([O-])c1ccc(S(=O)(=O)OC2CCCCCc3cn[nH]c3C2)cc1. The Kier molecular flexibility index (Phi) is 5.14. The number of H-pyrrole nitrogens is 1. The zero-order valence-electron chi connectivity index (χ0n) is 13.6.